The minimum Gasteiger partial charge on any atom is -0.493 e. The van der Waals surface area contributed by atoms with Crippen LogP contribution in [0.4, 0.5) is 0 Å². The maximum Gasteiger partial charge on any atom is 0.231 e. The number of rotatable bonds is 8. The van der Waals surface area contributed by atoms with Crippen LogP contribution in [0.3, 0.4) is 0 Å². The molecule has 0 saturated carbocycles. The molecule has 7 heteroatoms. The standard InChI is InChI=1S/C22H28N2O5/c1-26-19-4-2-3-5-20(19)27-15-18(25)14-24-10-8-23(9-11-24)13-17-6-7-21-22(12-17)29-16-28-21/h2-7,12,18,25H,8-11,13-16H2,1H3/t18-/m0/s1. The van der Waals surface area contributed by atoms with Gasteiger partial charge in [-0.05, 0) is 29.8 Å². The van der Waals surface area contributed by atoms with Gasteiger partial charge in [-0.25, -0.2) is 0 Å². The van der Waals surface area contributed by atoms with Gasteiger partial charge in [-0.3, -0.25) is 9.80 Å². The van der Waals surface area contributed by atoms with Gasteiger partial charge < -0.3 is 24.1 Å². The fourth-order valence-electron chi connectivity index (χ4n) is 3.70. The van der Waals surface area contributed by atoms with E-state index in [4.69, 9.17) is 18.9 Å². The smallest absolute Gasteiger partial charge is 0.231 e. The van der Waals surface area contributed by atoms with Gasteiger partial charge in [-0.1, -0.05) is 18.2 Å². The van der Waals surface area contributed by atoms with Crippen LogP contribution in [0.15, 0.2) is 42.5 Å². The Morgan fingerprint density at radius 3 is 2.48 bits per heavy atom. The summed E-state index contributed by atoms with van der Waals surface area (Å²) < 4.78 is 21.8. The van der Waals surface area contributed by atoms with E-state index in [0.717, 1.165) is 44.2 Å². The van der Waals surface area contributed by atoms with E-state index in [0.29, 0.717) is 24.8 Å². The lowest BCUT2D eigenvalue weighted by Crippen LogP contribution is -2.48. The minimum atomic E-state index is -0.541. The molecule has 2 aromatic rings. The molecule has 7 nitrogen and oxygen atoms in total. The molecule has 4 rings (SSSR count). The van der Waals surface area contributed by atoms with Crippen molar-refractivity contribution in [3.63, 3.8) is 0 Å². The first-order valence-electron chi connectivity index (χ1n) is 9.98. The van der Waals surface area contributed by atoms with Gasteiger partial charge in [0.2, 0.25) is 6.79 Å². The van der Waals surface area contributed by atoms with E-state index in [-0.39, 0.29) is 6.61 Å². The number of β-amino-alcohol motifs (C(OH)–C–C–N with tert-alkyl or cyclic N) is 1. The van der Waals surface area contributed by atoms with E-state index in [9.17, 15) is 5.11 Å². The Bertz CT molecular complexity index is 808. The Morgan fingerprint density at radius 1 is 0.966 bits per heavy atom. The topological polar surface area (TPSA) is 63.6 Å². The van der Waals surface area contributed by atoms with Crippen molar-refractivity contribution in [1.82, 2.24) is 9.80 Å². The summed E-state index contributed by atoms with van der Waals surface area (Å²) in [5.74, 6) is 2.99. The third-order valence-electron chi connectivity index (χ3n) is 5.28. The predicted molar refractivity (Wildman–Crippen MR) is 109 cm³/mol. The summed E-state index contributed by atoms with van der Waals surface area (Å²) in [7, 11) is 1.61. The Balaban J connectivity index is 1.19. The number of nitrogens with zero attached hydrogens (tertiary/aromatic N) is 2. The summed E-state index contributed by atoms with van der Waals surface area (Å²) >= 11 is 0. The second-order valence-corrected chi connectivity index (χ2v) is 7.38. The van der Waals surface area contributed by atoms with Crippen LogP contribution >= 0.6 is 0 Å². The van der Waals surface area contributed by atoms with Crippen LogP contribution in [-0.4, -0.2) is 74.2 Å². The SMILES string of the molecule is COc1ccccc1OC[C@@H](O)CN1CCN(Cc2ccc3c(c2)OCO3)CC1. The normalized spacial score (nSPS) is 17.9. The Labute approximate surface area is 171 Å². The molecule has 0 aromatic heterocycles. The molecule has 0 unspecified atom stereocenters. The summed E-state index contributed by atoms with van der Waals surface area (Å²) in [5, 5.41) is 10.4. The van der Waals surface area contributed by atoms with E-state index in [1.54, 1.807) is 7.11 Å². The average molecular weight is 400 g/mol. The van der Waals surface area contributed by atoms with Crippen molar-refractivity contribution in [3.05, 3.63) is 48.0 Å². The van der Waals surface area contributed by atoms with Gasteiger partial charge in [0.25, 0.3) is 0 Å². The third kappa shape index (κ3) is 5.12. The first-order valence-corrected chi connectivity index (χ1v) is 9.98. The molecule has 0 bridgehead atoms. The number of benzene rings is 2. The Morgan fingerprint density at radius 2 is 1.69 bits per heavy atom. The van der Waals surface area contributed by atoms with Gasteiger partial charge >= 0.3 is 0 Å². The summed E-state index contributed by atoms with van der Waals surface area (Å²) in [6, 6.07) is 13.6. The zero-order valence-corrected chi connectivity index (χ0v) is 16.8. The highest BCUT2D eigenvalue weighted by Gasteiger charge is 2.21. The highest BCUT2D eigenvalue weighted by molar-refractivity contribution is 5.44. The van der Waals surface area contributed by atoms with Crippen molar-refractivity contribution in [1.29, 1.82) is 0 Å². The third-order valence-corrected chi connectivity index (χ3v) is 5.28. The summed E-state index contributed by atoms with van der Waals surface area (Å²) in [6.07, 6.45) is -0.541. The fourth-order valence-corrected chi connectivity index (χ4v) is 3.70. The van der Waals surface area contributed by atoms with Crippen LogP contribution in [0, 0.1) is 0 Å². The van der Waals surface area contributed by atoms with Gasteiger partial charge in [-0.15, -0.1) is 0 Å². The predicted octanol–water partition coefficient (Wildman–Crippen LogP) is 1.98. The lowest BCUT2D eigenvalue weighted by atomic mass is 10.1. The molecule has 0 amide bonds. The first kappa shape index (κ1) is 19.8. The molecule has 0 aliphatic carbocycles. The van der Waals surface area contributed by atoms with Crippen molar-refractivity contribution in [2.45, 2.75) is 12.6 Å². The number of fused-ring (bicyclic) bond motifs is 1. The number of ether oxygens (including phenoxy) is 4. The molecule has 2 aromatic carbocycles. The van der Waals surface area contributed by atoms with Crippen LogP contribution < -0.4 is 18.9 Å². The maximum atomic E-state index is 10.4. The largest absolute Gasteiger partial charge is 0.493 e. The van der Waals surface area contributed by atoms with E-state index < -0.39 is 6.10 Å². The van der Waals surface area contributed by atoms with E-state index >= 15 is 0 Å². The van der Waals surface area contributed by atoms with Crippen LogP contribution in [0.5, 0.6) is 23.0 Å². The summed E-state index contributed by atoms with van der Waals surface area (Å²) in [5.41, 5.74) is 1.23. The molecule has 2 aliphatic heterocycles. The lowest BCUT2D eigenvalue weighted by Gasteiger charge is -2.35. The molecular weight excluding hydrogens is 372 g/mol. The lowest BCUT2D eigenvalue weighted by molar-refractivity contribution is 0.0440. The van der Waals surface area contributed by atoms with Gasteiger partial charge in [0.1, 0.15) is 12.7 Å². The summed E-state index contributed by atoms with van der Waals surface area (Å²) in [4.78, 5) is 4.71. The summed E-state index contributed by atoms with van der Waals surface area (Å²) in [6.45, 7) is 5.84. The number of aliphatic hydroxyl groups excluding tert-OH is 1. The van der Waals surface area contributed by atoms with Crippen molar-refractivity contribution in [2.75, 3.05) is 53.2 Å². The number of hydrogen-bond donors (Lipinski definition) is 1. The van der Waals surface area contributed by atoms with E-state index in [2.05, 4.69) is 21.9 Å². The van der Waals surface area contributed by atoms with Crippen molar-refractivity contribution in [3.8, 4) is 23.0 Å². The molecule has 1 saturated heterocycles. The number of hydrogen-bond acceptors (Lipinski definition) is 7. The Kier molecular flexibility index (Phi) is 6.39. The second kappa shape index (κ2) is 9.35. The quantitative estimate of drug-likeness (QED) is 0.727. The van der Waals surface area contributed by atoms with Crippen molar-refractivity contribution < 1.29 is 24.1 Å². The zero-order chi connectivity index (χ0) is 20.1. The van der Waals surface area contributed by atoms with Crippen LogP contribution in [0.1, 0.15) is 5.56 Å². The van der Waals surface area contributed by atoms with E-state index in [1.807, 2.05) is 30.3 Å². The number of para-hydroxylation sites is 2. The molecule has 1 fully saturated rings. The molecular formula is C22H28N2O5. The monoisotopic (exact) mass is 400 g/mol. The zero-order valence-electron chi connectivity index (χ0n) is 16.8. The molecule has 156 valence electrons. The average Bonchev–Trinajstić information content (AvgIpc) is 3.22. The number of piperazine rings is 1. The highest BCUT2D eigenvalue weighted by atomic mass is 16.7. The van der Waals surface area contributed by atoms with Gasteiger partial charge in [-0.2, -0.15) is 0 Å². The molecule has 2 heterocycles. The second-order valence-electron chi connectivity index (χ2n) is 7.38. The van der Waals surface area contributed by atoms with Gasteiger partial charge in [0, 0.05) is 39.3 Å². The molecule has 0 spiro atoms. The van der Waals surface area contributed by atoms with Gasteiger partial charge in [0.05, 0.1) is 7.11 Å². The molecule has 1 N–H and O–H groups in total. The maximum absolute atomic E-state index is 10.4. The molecule has 1 atom stereocenters. The van der Waals surface area contributed by atoms with Crippen LogP contribution in [0.25, 0.3) is 0 Å². The first-order chi connectivity index (χ1) is 14.2. The number of methoxy groups -OCH3 is 1. The van der Waals surface area contributed by atoms with E-state index in [1.165, 1.54) is 5.56 Å². The highest BCUT2D eigenvalue weighted by Crippen LogP contribution is 2.33. The van der Waals surface area contributed by atoms with Crippen LogP contribution in [-0.2, 0) is 6.54 Å². The fraction of sp³-hybridized carbons (Fsp3) is 0.455. The van der Waals surface area contributed by atoms with Crippen LogP contribution in [0.2, 0.25) is 0 Å². The molecule has 29 heavy (non-hydrogen) atoms. The van der Waals surface area contributed by atoms with Crippen molar-refractivity contribution >= 4 is 0 Å². The minimum absolute atomic E-state index is 0.248. The van der Waals surface area contributed by atoms with Gasteiger partial charge in [0.15, 0.2) is 23.0 Å². The molecule has 0 radical (unpaired) electrons. The molecule has 2 aliphatic rings. The van der Waals surface area contributed by atoms with Crippen molar-refractivity contribution in [2.24, 2.45) is 0 Å². The number of aliphatic hydroxyl groups is 1. The Hall–Kier alpha value is -2.48.